The standard InChI is InChI=1S/C28H25Br2ClN4O4/c1-4-5-23-34-21-11-8-18(29)13-20(21)28(37)35(23)32-14-17-12-22(38-3)27(26(31)25(17)30)39-15-24(36)33-19-9-6-16(2)7-10-19/h6-14H,4-5,15H2,1-3H3,(H,33,36). The Morgan fingerprint density at radius 1 is 1.18 bits per heavy atom. The molecule has 0 aliphatic heterocycles. The van der Waals surface area contributed by atoms with Gasteiger partial charge in [-0.2, -0.15) is 9.78 Å². The maximum atomic E-state index is 13.3. The van der Waals surface area contributed by atoms with Crippen molar-refractivity contribution >= 4 is 72.2 Å². The van der Waals surface area contributed by atoms with Gasteiger partial charge in [-0.15, -0.1) is 0 Å². The van der Waals surface area contributed by atoms with Crippen LogP contribution in [0.3, 0.4) is 0 Å². The number of ether oxygens (including phenoxy) is 2. The summed E-state index contributed by atoms with van der Waals surface area (Å²) in [6.45, 7) is 3.69. The van der Waals surface area contributed by atoms with E-state index in [1.807, 2.05) is 44.2 Å². The summed E-state index contributed by atoms with van der Waals surface area (Å²) in [6.07, 6.45) is 2.86. The minimum Gasteiger partial charge on any atom is -0.493 e. The van der Waals surface area contributed by atoms with Crippen molar-refractivity contribution in [3.63, 3.8) is 0 Å². The lowest BCUT2D eigenvalue weighted by molar-refractivity contribution is -0.118. The Kier molecular flexibility index (Phi) is 9.42. The first kappa shape index (κ1) is 28.8. The van der Waals surface area contributed by atoms with E-state index in [1.165, 1.54) is 18.0 Å². The molecule has 0 aliphatic rings. The van der Waals surface area contributed by atoms with Crippen LogP contribution < -0.4 is 20.3 Å². The van der Waals surface area contributed by atoms with E-state index in [9.17, 15) is 9.59 Å². The Morgan fingerprint density at radius 2 is 1.92 bits per heavy atom. The minimum atomic E-state index is -0.350. The zero-order chi connectivity index (χ0) is 28.1. The highest BCUT2D eigenvalue weighted by Gasteiger charge is 2.19. The molecular formula is C28H25Br2ClN4O4. The van der Waals surface area contributed by atoms with Crippen molar-refractivity contribution < 1.29 is 14.3 Å². The van der Waals surface area contributed by atoms with Crippen molar-refractivity contribution in [3.8, 4) is 11.5 Å². The van der Waals surface area contributed by atoms with Gasteiger partial charge in [0, 0.05) is 26.6 Å². The minimum absolute atomic E-state index is 0.195. The number of hydrogen-bond acceptors (Lipinski definition) is 6. The number of fused-ring (bicyclic) bond motifs is 1. The van der Waals surface area contributed by atoms with Gasteiger partial charge in [0.25, 0.3) is 11.5 Å². The molecule has 0 fully saturated rings. The number of anilines is 1. The van der Waals surface area contributed by atoms with Crippen molar-refractivity contribution in [2.45, 2.75) is 26.7 Å². The SMILES string of the molecule is CCCc1nc2ccc(Br)cc2c(=O)n1N=Cc1cc(OC)c(OCC(=O)Nc2ccc(C)cc2)c(Cl)c1Br. The van der Waals surface area contributed by atoms with Crippen LogP contribution in [0.15, 0.2) is 67.4 Å². The molecule has 0 atom stereocenters. The lowest BCUT2D eigenvalue weighted by atomic mass is 10.2. The zero-order valence-electron chi connectivity index (χ0n) is 21.4. The van der Waals surface area contributed by atoms with Gasteiger partial charge in [0.1, 0.15) is 10.8 Å². The number of nitrogens with zero attached hydrogens (tertiary/aromatic N) is 3. The van der Waals surface area contributed by atoms with Crippen LogP contribution in [0.1, 0.15) is 30.3 Å². The number of halogens is 3. The summed E-state index contributed by atoms with van der Waals surface area (Å²) < 4.78 is 13.7. The maximum absolute atomic E-state index is 13.3. The van der Waals surface area contributed by atoms with Crippen LogP contribution in [0.25, 0.3) is 10.9 Å². The van der Waals surface area contributed by atoms with Crippen LogP contribution >= 0.6 is 43.5 Å². The summed E-state index contributed by atoms with van der Waals surface area (Å²) in [7, 11) is 1.47. The fourth-order valence-electron chi connectivity index (χ4n) is 3.78. The van der Waals surface area contributed by atoms with Gasteiger partial charge in [0.2, 0.25) is 0 Å². The highest BCUT2D eigenvalue weighted by atomic mass is 79.9. The number of carbonyl (C=O) groups excluding carboxylic acids is 1. The molecule has 4 rings (SSSR count). The second kappa shape index (κ2) is 12.8. The lowest BCUT2D eigenvalue weighted by Gasteiger charge is -2.15. The number of aromatic nitrogens is 2. The smallest absolute Gasteiger partial charge is 0.282 e. The highest BCUT2D eigenvalue weighted by molar-refractivity contribution is 9.10. The number of methoxy groups -OCH3 is 1. The van der Waals surface area contributed by atoms with Crippen molar-refractivity contribution in [3.05, 3.63) is 89.8 Å². The van der Waals surface area contributed by atoms with Gasteiger partial charge in [0.15, 0.2) is 18.1 Å². The molecule has 0 aliphatic carbocycles. The summed E-state index contributed by atoms with van der Waals surface area (Å²) in [5.41, 5.74) is 2.61. The van der Waals surface area contributed by atoms with Crippen molar-refractivity contribution in [1.82, 2.24) is 9.66 Å². The number of carbonyl (C=O) groups is 1. The van der Waals surface area contributed by atoms with Crippen molar-refractivity contribution in [2.24, 2.45) is 5.10 Å². The molecule has 0 radical (unpaired) electrons. The zero-order valence-corrected chi connectivity index (χ0v) is 25.4. The normalized spacial score (nSPS) is 11.2. The average Bonchev–Trinajstić information content (AvgIpc) is 2.92. The summed E-state index contributed by atoms with van der Waals surface area (Å²) in [5, 5.41) is 7.88. The van der Waals surface area contributed by atoms with Crippen LogP contribution in [0, 0.1) is 6.92 Å². The number of hydrogen-bond donors (Lipinski definition) is 1. The lowest BCUT2D eigenvalue weighted by Crippen LogP contribution is -2.22. The largest absolute Gasteiger partial charge is 0.493 e. The molecule has 39 heavy (non-hydrogen) atoms. The third kappa shape index (κ3) is 6.69. The van der Waals surface area contributed by atoms with E-state index in [1.54, 1.807) is 18.2 Å². The first-order valence-corrected chi connectivity index (χ1v) is 14.0. The predicted molar refractivity (Wildman–Crippen MR) is 162 cm³/mol. The molecule has 1 amide bonds. The van der Waals surface area contributed by atoms with E-state index in [-0.39, 0.29) is 28.8 Å². The number of benzene rings is 3. The summed E-state index contributed by atoms with van der Waals surface area (Å²) >= 11 is 13.5. The van der Waals surface area contributed by atoms with E-state index < -0.39 is 0 Å². The first-order chi connectivity index (χ1) is 18.7. The Bertz CT molecular complexity index is 1620. The van der Waals surface area contributed by atoms with Crippen molar-refractivity contribution in [1.29, 1.82) is 0 Å². The van der Waals surface area contributed by atoms with Crippen LogP contribution in [-0.4, -0.2) is 35.5 Å². The molecule has 8 nitrogen and oxygen atoms in total. The van der Waals surface area contributed by atoms with E-state index >= 15 is 0 Å². The summed E-state index contributed by atoms with van der Waals surface area (Å²) in [6, 6.07) is 14.5. The van der Waals surface area contributed by atoms with Gasteiger partial charge >= 0.3 is 0 Å². The number of rotatable bonds is 9. The quantitative estimate of drug-likeness (QED) is 0.198. The first-order valence-electron chi connectivity index (χ1n) is 12.0. The van der Waals surface area contributed by atoms with E-state index in [0.29, 0.717) is 44.6 Å². The highest BCUT2D eigenvalue weighted by Crippen LogP contribution is 2.42. The fourth-order valence-corrected chi connectivity index (χ4v) is 4.79. The second-order valence-electron chi connectivity index (χ2n) is 8.63. The molecule has 0 bridgehead atoms. The maximum Gasteiger partial charge on any atom is 0.282 e. The average molecular weight is 677 g/mol. The Labute approximate surface area is 247 Å². The second-order valence-corrected chi connectivity index (χ2v) is 10.7. The molecule has 1 aromatic heterocycles. The molecule has 0 spiro atoms. The molecule has 1 heterocycles. The fraction of sp³-hybridized carbons (Fsp3) is 0.214. The van der Waals surface area contributed by atoms with Gasteiger partial charge in [-0.25, -0.2) is 4.98 Å². The Balaban J connectivity index is 1.62. The van der Waals surface area contributed by atoms with Crippen LogP contribution in [0.5, 0.6) is 11.5 Å². The Hall–Kier alpha value is -3.21. The van der Waals surface area contributed by atoms with Gasteiger partial charge in [0.05, 0.1) is 24.2 Å². The van der Waals surface area contributed by atoms with Crippen LogP contribution in [-0.2, 0) is 11.2 Å². The van der Waals surface area contributed by atoms with E-state index in [0.717, 1.165) is 16.5 Å². The van der Waals surface area contributed by atoms with Gasteiger partial charge in [-0.1, -0.05) is 52.2 Å². The molecule has 4 aromatic rings. The molecule has 3 aromatic carbocycles. The Morgan fingerprint density at radius 3 is 2.62 bits per heavy atom. The number of amides is 1. The topological polar surface area (TPSA) is 94.8 Å². The summed E-state index contributed by atoms with van der Waals surface area (Å²) in [5.74, 6) is 0.692. The van der Waals surface area contributed by atoms with Gasteiger partial charge in [-0.05, 0) is 65.7 Å². The van der Waals surface area contributed by atoms with E-state index in [4.69, 9.17) is 21.1 Å². The molecular weight excluding hydrogens is 652 g/mol. The summed E-state index contributed by atoms with van der Waals surface area (Å²) in [4.78, 5) is 30.4. The third-order valence-electron chi connectivity index (χ3n) is 5.72. The van der Waals surface area contributed by atoms with Crippen LogP contribution in [0.4, 0.5) is 5.69 Å². The number of aryl methyl sites for hydroxylation is 2. The molecule has 0 saturated carbocycles. The number of nitrogens with one attached hydrogen (secondary N) is 1. The molecule has 202 valence electrons. The monoisotopic (exact) mass is 674 g/mol. The molecule has 11 heteroatoms. The van der Waals surface area contributed by atoms with Gasteiger partial charge < -0.3 is 14.8 Å². The predicted octanol–water partition coefficient (Wildman–Crippen LogP) is 6.74. The molecule has 0 unspecified atom stereocenters. The van der Waals surface area contributed by atoms with E-state index in [2.05, 4.69) is 47.3 Å². The van der Waals surface area contributed by atoms with Crippen LogP contribution in [0.2, 0.25) is 5.02 Å². The molecule has 1 N–H and O–H groups in total. The molecule has 0 saturated heterocycles. The third-order valence-corrected chi connectivity index (χ3v) is 7.66. The van der Waals surface area contributed by atoms with Gasteiger partial charge in [-0.3, -0.25) is 9.59 Å². The van der Waals surface area contributed by atoms with Crippen molar-refractivity contribution in [2.75, 3.05) is 19.0 Å².